The van der Waals surface area contributed by atoms with Crippen LogP contribution in [0.2, 0.25) is 0 Å². The lowest BCUT2D eigenvalue weighted by molar-refractivity contribution is 0.219. The molecule has 1 unspecified atom stereocenters. The van der Waals surface area contributed by atoms with Gasteiger partial charge in [-0.1, -0.05) is 6.07 Å². The average molecular weight is 277 g/mol. The number of aliphatic hydroxyl groups is 1. The van der Waals surface area contributed by atoms with E-state index in [1.807, 2.05) is 5.38 Å². The Bertz CT molecular complexity index is 770. The van der Waals surface area contributed by atoms with Gasteiger partial charge in [0.15, 0.2) is 5.58 Å². The lowest BCUT2D eigenvalue weighted by Crippen LogP contribution is -1.99. The number of fused-ring (bicyclic) bond motifs is 1. The molecule has 0 saturated heterocycles. The number of methoxy groups -OCH3 is 1. The number of thiophene rings is 1. The summed E-state index contributed by atoms with van der Waals surface area (Å²) in [6.07, 6.45) is -0.806. The van der Waals surface area contributed by atoms with Crippen LogP contribution in [-0.2, 0) is 0 Å². The number of hydrogen-bond donors (Lipinski definition) is 2. The van der Waals surface area contributed by atoms with Crippen molar-refractivity contribution in [1.29, 1.82) is 0 Å². The van der Waals surface area contributed by atoms with Gasteiger partial charge in [-0.25, -0.2) is 4.79 Å². The van der Waals surface area contributed by atoms with E-state index in [0.29, 0.717) is 22.4 Å². The van der Waals surface area contributed by atoms with E-state index < -0.39 is 11.9 Å². The predicted molar refractivity (Wildman–Crippen MR) is 71.8 cm³/mol. The highest BCUT2D eigenvalue weighted by molar-refractivity contribution is 7.10. The Morgan fingerprint density at radius 2 is 2.26 bits per heavy atom. The Morgan fingerprint density at radius 3 is 3.05 bits per heavy atom. The summed E-state index contributed by atoms with van der Waals surface area (Å²) >= 11 is 1.41. The van der Waals surface area contributed by atoms with Gasteiger partial charge in [-0.05, 0) is 29.1 Å². The van der Waals surface area contributed by atoms with Crippen LogP contribution in [0.15, 0.2) is 38.9 Å². The van der Waals surface area contributed by atoms with Gasteiger partial charge in [0.05, 0.1) is 17.5 Å². The maximum absolute atomic E-state index is 11.1. The molecule has 1 aromatic carbocycles. The third-order valence-electron chi connectivity index (χ3n) is 2.89. The summed E-state index contributed by atoms with van der Waals surface area (Å²) in [6, 6.07) is 6.91. The van der Waals surface area contributed by atoms with E-state index in [9.17, 15) is 9.90 Å². The SMILES string of the molecule is COc1ccsc1C(O)c1ccc2[nH]c(=O)oc2c1. The molecule has 0 bridgehead atoms. The summed E-state index contributed by atoms with van der Waals surface area (Å²) in [7, 11) is 1.56. The molecule has 19 heavy (non-hydrogen) atoms. The first-order valence-electron chi connectivity index (χ1n) is 5.61. The topological polar surface area (TPSA) is 75.5 Å². The fourth-order valence-corrected chi connectivity index (χ4v) is 2.83. The number of aromatic nitrogens is 1. The molecule has 0 aliphatic heterocycles. The van der Waals surface area contributed by atoms with Gasteiger partial charge in [0.25, 0.3) is 0 Å². The monoisotopic (exact) mass is 277 g/mol. The first-order chi connectivity index (χ1) is 9.19. The summed E-state index contributed by atoms with van der Waals surface area (Å²) in [5, 5.41) is 12.2. The molecule has 0 amide bonds. The number of ether oxygens (including phenoxy) is 1. The molecular formula is C13H11NO4S. The van der Waals surface area contributed by atoms with Crippen molar-refractivity contribution in [2.45, 2.75) is 6.10 Å². The van der Waals surface area contributed by atoms with E-state index in [2.05, 4.69) is 4.98 Å². The van der Waals surface area contributed by atoms with Crippen molar-refractivity contribution >= 4 is 22.4 Å². The maximum atomic E-state index is 11.1. The molecule has 0 aliphatic rings. The number of oxazole rings is 1. The molecule has 3 rings (SSSR count). The molecule has 0 fully saturated rings. The Labute approximate surface area is 112 Å². The molecule has 5 nitrogen and oxygen atoms in total. The lowest BCUT2D eigenvalue weighted by Gasteiger charge is -2.10. The van der Waals surface area contributed by atoms with Crippen LogP contribution in [0.25, 0.3) is 11.1 Å². The van der Waals surface area contributed by atoms with Crippen molar-refractivity contribution in [1.82, 2.24) is 4.98 Å². The second-order valence-electron chi connectivity index (χ2n) is 4.03. The lowest BCUT2D eigenvalue weighted by atomic mass is 10.1. The quantitative estimate of drug-likeness (QED) is 0.770. The molecule has 0 spiro atoms. The first kappa shape index (κ1) is 12.0. The van der Waals surface area contributed by atoms with Crippen molar-refractivity contribution in [2.24, 2.45) is 0 Å². The van der Waals surface area contributed by atoms with Crippen LogP contribution >= 0.6 is 11.3 Å². The van der Waals surface area contributed by atoms with Gasteiger partial charge in [0, 0.05) is 0 Å². The number of aromatic amines is 1. The van der Waals surface area contributed by atoms with E-state index >= 15 is 0 Å². The van der Waals surface area contributed by atoms with Crippen molar-refractivity contribution in [3.63, 3.8) is 0 Å². The zero-order chi connectivity index (χ0) is 13.4. The largest absolute Gasteiger partial charge is 0.495 e. The van der Waals surface area contributed by atoms with Crippen molar-refractivity contribution in [3.05, 3.63) is 50.6 Å². The Hall–Kier alpha value is -2.05. The molecule has 0 saturated carbocycles. The number of rotatable bonds is 3. The molecule has 2 heterocycles. The normalized spacial score (nSPS) is 12.7. The van der Waals surface area contributed by atoms with Crippen LogP contribution in [0, 0.1) is 0 Å². The van der Waals surface area contributed by atoms with E-state index in [4.69, 9.17) is 9.15 Å². The van der Waals surface area contributed by atoms with Crippen LogP contribution in [0.3, 0.4) is 0 Å². The van der Waals surface area contributed by atoms with Crippen molar-refractivity contribution in [3.8, 4) is 5.75 Å². The molecule has 6 heteroatoms. The highest BCUT2D eigenvalue weighted by Gasteiger charge is 2.18. The van der Waals surface area contributed by atoms with Crippen LogP contribution in [0.1, 0.15) is 16.5 Å². The van der Waals surface area contributed by atoms with E-state index in [1.54, 1.807) is 31.4 Å². The molecule has 2 aromatic heterocycles. The minimum Gasteiger partial charge on any atom is -0.495 e. The first-order valence-corrected chi connectivity index (χ1v) is 6.49. The minimum atomic E-state index is -0.806. The van der Waals surface area contributed by atoms with Gasteiger partial charge in [0.2, 0.25) is 0 Å². The fraction of sp³-hybridized carbons (Fsp3) is 0.154. The van der Waals surface area contributed by atoms with Gasteiger partial charge < -0.3 is 14.3 Å². The summed E-state index contributed by atoms with van der Waals surface area (Å²) in [4.78, 5) is 14.4. The van der Waals surface area contributed by atoms with E-state index in [0.717, 1.165) is 4.88 Å². The van der Waals surface area contributed by atoms with Gasteiger partial charge in [-0.3, -0.25) is 4.98 Å². The third kappa shape index (κ3) is 2.05. The van der Waals surface area contributed by atoms with Gasteiger partial charge in [0.1, 0.15) is 11.9 Å². The van der Waals surface area contributed by atoms with Crippen LogP contribution in [0.4, 0.5) is 0 Å². The minimum absolute atomic E-state index is 0.428. The molecule has 1 atom stereocenters. The Balaban J connectivity index is 2.05. The second-order valence-corrected chi connectivity index (χ2v) is 4.97. The molecule has 0 radical (unpaired) electrons. The van der Waals surface area contributed by atoms with Crippen LogP contribution in [0.5, 0.6) is 5.75 Å². The summed E-state index contributed by atoms with van der Waals surface area (Å²) < 4.78 is 10.2. The van der Waals surface area contributed by atoms with Crippen molar-refractivity contribution < 1.29 is 14.3 Å². The van der Waals surface area contributed by atoms with E-state index in [-0.39, 0.29) is 0 Å². The van der Waals surface area contributed by atoms with Crippen LogP contribution < -0.4 is 10.5 Å². The fourth-order valence-electron chi connectivity index (χ4n) is 1.96. The summed E-state index contributed by atoms with van der Waals surface area (Å²) in [5.41, 5.74) is 1.69. The molecule has 3 aromatic rings. The predicted octanol–water partition coefficient (Wildman–Crippen LogP) is 2.27. The molecule has 98 valence electrons. The zero-order valence-corrected chi connectivity index (χ0v) is 10.9. The number of H-pyrrole nitrogens is 1. The standard InChI is InChI=1S/C13H11NO4S/c1-17-9-4-5-19-12(9)11(15)7-2-3-8-10(6-7)18-13(16)14-8/h2-6,11,15H,1H3,(H,14,16). The second kappa shape index (κ2) is 4.56. The van der Waals surface area contributed by atoms with Gasteiger partial charge >= 0.3 is 5.76 Å². The average Bonchev–Trinajstić information content (AvgIpc) is 3.01. The molecule has 2 N–H and O–H groups in total. The molecular weight excluding hydrogens is 266 g/mol. The smallest absolute Gasteiger partial charge is 0.417 e. The van der Waals surface area contributed by atoms with E-state index in [1.165, 1.54) is 11.3 Å². The number of nitrogens with one attached hydrogen (secondary N) is 1. The highest BCUT2D eigenvalue weighted by Crippen LogP contribution is 2.35. The Morgan fingerprint density at radius 1 is 1.42 bits per heavy atom. The number of hydrogen-bond acceptors (Lipinski definition) is 5. The summed E-state index contributed by atoms with van der Waals surface area (Å²) in [5.74, 6) is 0.142. The summed E-state index contributed by atoms with van der Waals surface area (Å²) in [6.45, 7) is 0. The van der Waals surface area contributed by atoms with Crippen LogP contribution in [-0.4, -0.2) is 17.2 Å². The Kier molecular flexibility index (Phi) is 2.88. The number of aliphatic hydroxyl groups excluding tert-OH is 1. The van der Waals surface area contributed by atoms with Gasteiger partial charge in [-0.15, -0.1) is 11.3 Å². The molecule has 0 aliphatic carbocycles. The van der Waals surface area contributed by atoms with Crippen molar-refractivity contribution in [2.75, 3.05) is 7.11 Å². The third-order valence-corrected chi connectivity index (χ3v) is 3.84. The van der Waals surface area contributed by atoms with Gasteiger partial charge in [-0.2, -0.15) is 0 Å². The highest BCUT2D eigenvalue weighted by atomic mass is 32.1. The zero-order valence-electron chi connectivity index (χ0n) is 10.0. The number of benzene rings is 1. The maximum Gasteiger partial charge on any atom is 0.417 e.